The van der Waals surface area contributed by atoms with Crippen molar-refractivity contribution in [3.63, 3.8) is 0 Å². The van der Waals surface area contributed by atoms with Crippen molar-refractivity contribution < 1.29 is 0 Å². The Labute approximate surface area is 130 Å². The number of rotatable bonds is 6. The van der Waals surface area contributed by atoms with Crippen LogP contribution in [0.1, 0.15) is 30.9 Å². The molecule has 1 N–H and O–H groups in total. The van der Waals surface area contributed by atoms with Crippen LogP contribution in [0.25, 0.3) is 0 Å². The Balaban J connectivity index is 2.17. The smallest absolute Gasteiger partial charge is 0.0207 e. The summed E-state index contributed by atoms with van der Waals surface area (Å²) in [6.45, 7) is 5.47. The molecule has 0 aliphatic rings. The third-order valence-electron chi connectivity index (χ3n) is 3.79. The number of hydrogen-bond acceptors (Lipinski definition) is 1. The molecular weight excluding hydrogens is 310 g/mol. The van der Waals surface area contributed by atoms with Crippen molar-refractivity contribution in [1.82, 2.24) is 5.32 Å². The van der Waals surface area contributed by atoms with Crippen molar-refractivity contribution in [1.29, 1.82) is 0 Å². The largest absolute Gasteiger partial charge is 0.313 e. The minimum Gasteiger partial charge on any atom is -0.313 e. The van der Waals surface area contributed by atoms with Crippen LogP contribution in [0.2, 0.25) is 0 Å². The number of hydrogen-bond donors (Lipinski definition) is 1. The highest BCUT2D eigenvalue weighted by Gasteiger charge is 2.19. The third kappa shape index (κ3) is 3.94. The van der Waals surface area contributed by atoms with E-state index in [-0.39, 0.29) is 0 Å². The predicted molar refractivity (Wildman–Crippen MR) is 90.2 cm³/mol. The van der Waals surface area contributed by atoms with Crippen LogP contribution in [0.4, 0.5) is 0 Å². The van der Waals surface area contributed by atoms with E-state index < -0.39 is 0 Å². The summed E-state index contributed by atoms with van der Waals surface area (Å²) in [7, 11) is 0. The van der Waals surface area contributed by atoms with Gasteiger partial charge in [-0.25, -0.2) is 0 Å². The molecule has 0 aromatic heterocycles. The molecule has 2 aromatic carbocycles. The maximum atomic E-state index is 3.65. The van der Waals surface area contributed by atoms with Gasteiger partial charge in [0.15, 0.2) is 0 Å². The lowest BCUT2D eigenvalue weighted by molar-refractivity contribution is 0.457. The molecule has 1 nitrogen and oxygen atoms in total. The number of nitrogens with one attached hydrogen (secondary N) is 1. The monoisotopic (exact) mass is 331 g/mol. The van der Waals surface area contributed by atoms with E-state index in [4.69, 9.17) is 0 Å². The van der Waals surface area contributed by atoms with Gasteiger partial charge in [-0.3, -0.25) is 0 Å². The fourth-order valence-corrected chi connectivity index (χ4v) is 3.02. The standard InChI is InChI=1S/C18H22BrN/c1-3-20-18(13-16-11-7-8-12-17(16)19)14(2)15-9-5-4-6-10-15/h4-12,14,18,20H,3,13H2,1-2H3. The molecule has 0 heterocycles. The summed E-state index contributed by atoms with van der Waals surface area (Å²) in [5.41, 5.74) is 2.76. The molecule has 106 valence electrons. The summed E-state index contributed by atoms with van der Waals surface area (Å²) in [6.07, 6.45) is 1.03. The Hall–Kier alpha value is -1.12. The summed E-state index contributed by atoms with van der Waals surface area (Å²) >= 11 is 3.65. The van der Waals surface area contributed by atoms with Crippen LogP contribution >= 0.6 is 15.9 Å². The second kappa shape index (κ2) is 7.61. The second-order valence-corrected chi connectivity index (χ2v) is 6.01. The number of benzene rings is 2. The normalized spacial score (nSPS) is 13.9. The van der Waals surface area contributed by atoms with Gasteiger partial charge in [0.25, 0.3) is 0 Å². The Morgan fingerprint density at radius 3 is 2.30 bits per heavy atom. The second-order valence-electron chi connectivity index (χ2n) is 5.16. The fourth-order valence-electron chi connectivity index (χ4n) is 2.58. The first-order valence-corrected chi connectivity index (χ1v) is 8.03. The molecule has 0 amide bonds. The summed E-state index contributed by atoms with van der Waals surface area (Å²) in [5.74, 6) is 0.489. The Morgan fingerprint density at radius 2 is 1.65 bits per heavy atom. The van der Waals surface area contributed by atoms with Crippen molar-refractivity contribution in [2.45, 2.75) is 32.2 Å². The highest BCUT2D eigenvalue weighted by atomic mass is 79.9. The predicted octanol–water partition coefficient (Wildman–Crippen LogP) is 4.77. The third-order valence-corrected chi connectivity index (χ3v) is 4.57. The lowest BCUT2D eigenvalue weighted by Crippen LogP contribution is -2.35. The first-order chi connectivity index (χ1) is 9.72. The number of halogens is 1. The summed E-state index contributed by atoms with van der Waals surface area (Å²) in [6, 6.07) is 19.7. The maximum absolute atomic E-state index is 3.65. The van der Waals surface area contributed by atoms with E-state index in [2.05, 4.69) is 89.7 Å². The minimum absolute atomic E-state index is 0.445. The van der Waals surface area contributed by atoms with Crippen molar-refractivity contribution >= 4 is 15.9 Å². The molecule has 20 heavy (non-hydrogen) atoms. The van der Waals surface area contributed by atoms with Gasteiger partial charge in [-0.05, 0) is 36.1 Å². The minimum atomic E-state index is 0.445. The molecule has 0 bridgehead atoms. The van der Waals surface area contributed by atoms with Crippen LogP contribution < -0.4 is 5.32 Å². The van der Waals surface area contributed by atoms with Crippen LogP contribution in [-0.2, 0) is 6.42 Å². The summed E-state index contributed by atoms with van der Waals surface area (Å²) < 4.78 is 1.20. The van der Waals surface area contributed by atoms with Crippen LogP contribution in [0.5, 0.6) is 0 Å². The molecule has 0 fully saturated rings. The highest BCUT2D eigenvalue weighted by Crippen LogP contribution is 2.24. The SMILES string of the molecule is CCNC(Cc1ccccc1Br)C(C)c1ccccc1. The molecular formula is C18H22BrN. The van der Waals surface area contributed by atoms with E-state index in [1.807, 2.05) is 0 Å². The lowest BCUT2D eigenvalue weighted by Gasteiger charge is -2.26. The fraction of sp³-hybridized carbons (Fsp3) is 0.333. The summed E-state index contributed by atoms with van der Waals surface area (Å²) in [4.78, 5) is 0. The highest BCUT2D eigenvalue weighted by molar-refractivity contribution is 9.10. The van der Waals surface area contributed by atoms with E-state index in [0.29, 0.717) is 12.0 Å². The molecule has 2 atom stereocenters. The lowest BCUT2D eigenvalue weighted by atomic mass is 9.89. The topological polar surface area (TPSA) is 12.0 Å². The maximum Gasteiger partial charge on any atom is 0.0207 e. The molecule has 0 saturated heterocycles. The summed E-state index contributed by atoms with van der Waals surface area (Å²) in [5, 5.41) is 3.64. The molecule has 2 heteroatoms. The van der Waals surface area contributed by atoms with E-state index in [1.54, 1.807) is 0 Å². The molecule has 2 aromatic rings. The zero-order valence-corrected chi connectivity index (χ0v) is 13.7. The van der Waals surface area contributed by atoms with Gasteiger partial charge in [-0.1, -0.05) is 78.3 Å². The first-order valence-electron chi connectivity index (χ1n) is 7.24. The molecule has 2 unspecified atom stereocenters. The molecule has 0 aliphatic heterocycles. The van der Waals surface area contributed by atoms with E-state index >= 15 is 0 Å². The van der Waals surface area contributed by atoms with Gasteiger partial charge in [0.1, 0.15) is 0 Å². The molecule has 2 rings (SSSR count). The Bertz CT molecular complexity index is 524. The van der Waals surface area contributed by atoms with E-state index in [9.17, 15) is 0 Å². The number of likely N-dealkylation sites (N-methyl/N-ethyl adjacent to an activating group) is 1. The van der Waals surface area contributed by atoms with E-state index in [0.717, 1.165) is 13.0 Å². The average molecular weight is 332 g/mol. The quantitative estimate of drug-likeness (QED) is 0.803. The van der Waals surface area contributed by atoms with Gasteiger partial charge in [0, 0.05) is 10.5 Å². The molecule has 0 radical (unpaired) electrons. The van der Waals surface area contributed by atoms with Crippen molar-refractivity contribution in [2.75, 3.05) is 6.54 Å². The zero-order valence-electron chi connectivity index (χ0n) is 12.1. The van der Waals surface area contributed by atoms with Gasteiger partial charge < -0.3 is 5.32 Å². The zero-order chi connectivity index (χ0) is 14.4. The van der Waals surface area contributed by atoms with Crippen LogP contribution in [0.3, 0.4) is 0 Å². The molecule has 0 aliphatic carbocycles. The van der Waals surface area contributed by atoms with E-state index in [1.165, 1.54) is 15.6 Å². The van der Waals surface area contributed by atoms with Gasteiger partial charge in [-0.15, -0.1) is 0 Å². The van der Waals surface area contributed by atoms with Gasteiger partial charge in [-0.2, -0.15) is 0 Å². The van der Waals surface area contributed by atoms with Crippen molar-refractivity contribution in [2.24, 2.45) is 0 Å². The van der Waals surface area contributed by atoms with Gasteiger partial charge in [0.2, 0.25) is 0 Å². The molecule has 0 saturated carbocycles. The van der Waals surface area contributed by atoms with Crippen molar-refractivity contribution in [3.05, 3.63) is 70.2 Å². The van der Waals surface area contributed by atoms with Crippen LogP contribution in [0, 0.1) is 0 Å². The van der Waals surface area contributed by atoms with Gasteiger partial charge >= 0.3 is 0 Å². The first kappa shape index (κ1) is 15.3. The Morgan fingerprint density at radius 1 is 1.00 bits per heavy atom. The van der Waals surface area contributed by atoms with Crippen LogP contribution in [-0.4, -0.2) is 12.6 Å². The molecule has 0 spiro atoms. The van der Waals surface area contributed by atoms with Crippen LogP contribution in [0.15, 0.2) is 59.1 Å². The Kier molecular flexibility index (Phi) is 5.81. The average Bonchev–Trinajstić information content (AvgIpc) is 2.49. The van der Waals surface area contributed by atoms with Gasteiger partial charge in [0.05, 0.1) is 0 Å². The van der Waals surface area contributed by atoms with Crippen molar-refractivity contribution in [3.8, 4) is 0 Å².